The van der Waals surface area contributed by atoms with Gasteiger partial charge in [-0.3, -0.25) is 4.90 Å². The number of rotatable bonds is 4. The number of carbonyl (C=O) groups is 1. The van der Waals surface area contributed by atoms with Crippen molar-refractivity contribution in [2.45, 2.75) is 0 Å². The fourth-order valence-corrected chi connectivity index (χ4v) is 1.86. The number of piperazine rings is 1. The van der Waals surface area contributed by atoms with E-state index in [1.807, 2.05) is 18.2 Å². The lowest BCUT2D eigenvalue weighted by Gasteiger charge is -2.26. The highest BCUT2D eigenvalue weighted by molar-refractivity contribution is 5.89. The van der Waals surface area contributed by atoms with Crippen molar-refractivity contribution in [2.75, 3.05) is 39.3 Å². The lowest BCUT2D eigenvalue weighted by molar-refractivity contribution is 0.0456. The zero-order valence-electron chi connectivity index (χ0n) is 9.89. The minimum Gasteiger partial charge on any atom is -0.461 e. The Kier molecular flexibility index (Phi) is 4.53. The molecule has 0 aliphatic carbocycles. The molecular weight excluding hydrogens is 216 g/mol. The van der Waals surface area contributed by atoms with Crippen molar-refractivity contribution in [3.63, 3.8) is 0 Å². The van der Waals surface area contributed by atoms with Crippen LogP contribution in [-0.2, 0) is 4.74 Å². The summed E-state index contributed by atoms with van der Waals surface area (Å²) < 4.78 is 5.23. The van der Waals surface area contributed by atoms with Crippen LogP contribution < -0.4 is 5.32 Å². The van der Waals surface area contributed by atoms with Gasteiger partial charge in [0.25, 0.3) is 0 Å². The van der Waals surface area contributed by atoms with Crippen LogP contribution in [0.4, 0.5) is 0 Å². The first-order chi connectivity index (χ1) is 8.36. The first-order valence-corrected chi connectivity index (χ1v) is 6.01. The minimum atomic E-state index is -0.235. The van der Waals surface area contributed by atoms with Gasteiger partial charge in [0.1, 0.15) is 6.61 Å². The van der Waals surface area contributed by atoms with E-state index in [0.717, 1.165) is 32.7 Å². The third-order valence-electron chi connectivity index (χ3n) is 2.86. The summed E-state index contributed by atoms with van der Waals surface area (Å²) >= 11 is 0. The summed E-state index contributed by atoms with van der Waals surface area (Å²) in [6.07, 6.45) is 0. The molecule has 4 heteroatoms. The van der Waals surface area contributed by atoms with Gasteiger partial charge in [-0.1, -0.05) is 18.2 Å². The standard InChI is InChI=1S/C13H18N2O2/c16-13(12-4-2-1-3-5-12)17-11-10-15-8-6-14-7-9-15/h1-5,14H,6-11H2. The van der Waals surface area contributed by atoms with E-state index in [4.69, 9.17) is 4.74 Å². The maximum Gasteiger partial charge on any atom is 0.338 e. The lowest BCUT2D eigenvalue weighted by Crippen LogP contribution is -2.44. The van der Waals surface area contributed by atoms with E-state index in [-0.39, 0.29) is 5.97 Å². The molecule has 92 valence electrons. The van der Waals surface area contributed by atoms with Crippen LogP contribution in [0.1, 0.15) is 10.4 Å². The van der Waals surface area contributed by atoms with Crippen LogP contribution in [0, 0.1) is 0 Å². The summed E-state index contributed by atoms with van der Waals surface area (Å²) in [5.41, 5.74) is 0.618. The molecule has 17 heavy (non-hydrogen) atoms. The molecule has 2 rings (SSSR count). The summed E-state index contributed by atoms with van der Waals surface area (Å²) in [7, 11) is 0. The zero-order chi connectivity index (χ0) is 11.9. The Morgan fingerprint density at radius 2 is 1.94 bits per heavy atom. The van der Waals surface area contributed by atoms with Gasteiger partial charge in [0, 0.05) is 32.7 Å². The van der Waals surface area contributed by atoms with Crippen LogP contribution >= 0.6 is 0 Å². The number of ether oxygens (including phenoxy) is 1. The molecule has 4 nitrogen and oxygen atoms in total. The summed E-state index contributed by atoms with van der Waals surface area (Å²) in [5.74, 6) is -0.235. The van der Waals surface area contributed by atoms with Gasteiger partial charge in [-0.05, 0) is 12.1 Å². The normalized spacial score (nSPS) is 16.7. The number of nitrogens with zero attached hydrogens (tertiary/aromatic N) is 1. The molecule has 1 aliphatic rings. The number of benzene rings is 1. The molecule has 0 atom stereocenters. The number of hydrogen-bond donors (Lipinski definition) is 1. The van der Waals surface area contributed by atoms with Gasteiger partial charge in [-0.25, -0.2) is 4.79 Å². The van der Waals surface area contributed by atoms with Crippen LogP contribution in [0.5, 0.6) is 0 Å². The number of carbonyl (C=O) groups excluding carboxylic acids is 1. The van der Waals surface area contributed by atoms with Crippen molar-refractivity contribution >= 4 is 5.97 Å². The van der Waals surface area contributed by atoms with Gasteiger partial charge >= 0.3 is 5.97 Å². The first kappa shape index (κ1) is 12.1. The van der Waals surface area contributed by atoms with Crippen molar-refractivity contribution in [3.8, 4) is 0 Å². The van der Waals surface area contributed by atoms with Gasteiger partial charge in [0.2, 0.25) is 0 Å². The van der Waals surface area contributed by atoms with Gasteiger partial charge < -0.3 is 10.1 Å². The van der Waals surface area contributed by atoms with Crippen molar-refractivity contribution in [3.05, 3.63) is 35.9 Å². The number of nitrogens with one attached hydrogen (secondary N) is 1. The Bertz CT molecular complexity index is 348. The van der Waals surface area contributed by atoms with E-state index in [1.165, 1.54) is 0 Å². The quantitative estimate of drug-likeness (QED) is 0.781. The van der Waals surface area contributed by atoms with Gasteiger partial charge in [-0.15, -0.1) is 0 Å². The zero-order valence-corrected chi connectivity index (χ0v) is 9.89. The molecule has 1 heterocycles. The van der Waals surface area contributed by atoms with Gasteiger partial charge in [0.05, 0.1) is 5.56 Å². The second kappa shape index (κ2) is 6.37. The van der Waals surface area contributed by atoms with E-state index in [1.54, 1.807) is 12.1 Å². The average molecular weight is 234 g/mol. The Balaban J connectivity index is 1.69. The highest BCUT2D eigenvalue weighted by Gasteiger charge is 2.10. The Morgan fingerprint density at radius 3 is 2.65 bits per heavy atom. The molecule has 1 saturated heterocycles. The molecule has 0 radical (unpaired) electrons. The van der Waals surface area contributed by atoms with E-state index < -0.39 is 0 Å². The molecule has 0 saturated carbocycles. The predicted molar refractivity (Wildman–Crippen MR) is 66.0 cm³/mol. The molecule has 1 fully saturated rings. The smallest absolute Gasteiger partial charge is 0.338 e. The van der Waals surface area contributed by atoms with Crippen molar-refractivity contribution in [2.24, 2.45) is 0 Å². The molecule has 0 unspecified atom stereocenters. The summed E-state index contributed by atoms with van der Waals surface area (Å²) in [4.78, 5) is 13.9. The van der Waals surface area contributed by atoms with Crippen LogP contribution in [0.15, 0.2) is 30.3 Å². The number of hydrogen-bond acceptors (Lipinski definition) is 4. The monoisotopic (exact) mass is 234 g/mol. The Morgan fingerprint density at radius 1 is 1.24 bits per heavy atom. The highest BCUT2D eigenvalue weighted by Crippen LogP contribution is 2.01. The van der Waals surface area contributed by atoms with Crippen LogP contribution in [-0.4, -0.2) is 50.2 Å². The van der Waals surface area contributed by atoms with Gasteiger partial charge in [-0.2, -0.15) is 0 Å². The molecule has 1 aromatic rings. The maximum absolute atomic E-state index is 11.6. The van der Waals surface area contributed by atoms with Gasteiger partial charge in [0.15, 0.2) is 0 Å². The van der Waals surface area contributed by atoms with E-state index in [9.17, 15) is 4.79 Å². The lowest BCUT2D eigenvalue weighted by atomic mass is 10.2. The fraction of sp³-hybridized carbons (Fsp3) is 0.462. The van der Waals surface area contributed by atoms with Crippen molar-refractivity contribution in [1.82, 2.24) is 10.2 Å². The van der Waals surface area contributed by atoms with Crippen LogP contribution in [0.25, 0.3) is 0 Å². The van der Waals surface area contributed by atoms with Crippen molar-refractivity contribution < 1.29 is 9.53 Å². The second-order valence-corrected chi connectivity index (χ2v) is 4.09. The molecular formula is C13H18N2O2. The fourth-order valence-electron chi connectivity index (χ4n) is 1.86. The van der Waals surface area contributed by atoms with E-state index in [2.05, 4.69) is 10.2 Å². The largest absolute Gasteiger partial charge is 0.461 e. The average Bonchev–Trinajstić information content (AvgIpc) is 2.41. The second-order valence-electron chi connectivity index (χ2n) is 4.09. The third kappa shape index (κ3) is 3.84. The molecule has 0 spiro atoms. The maximum atomic E-state index is 11.6. The molecule has 0 aromatic heterocycles. The minimum absolute atomic E-state index is 0.235. The van der Waals surface area contributed by atoms with E-state index in [0.29, 0.717) is 12.2 Å². The molecule has 1 N–H and O–H groups in total. The van der Waals surface area contributed by atoms with Crippen LogP contribution in [0.3, 0.4) is 0 Å². The first-order valence-electron chi connectivity index (χ1n) is 6.01. The predicted octanol–water partition coefficient (Wildman–Crippen LogP) is 0.749. The summed E-state index contributed by atoms with van der Waals surface area (Å²) in [5, 5.41) is 3.29. The molecule has 0 bridgehead atoms. The Hall–Kier alpha value is -1.39. The van der Waals surface area contributed by atoms with E-state index >= 15 is 0 Å². The number of esters is 1. The summed E-state index contributed by atoms with van der Waals surface area (Å²) in [6, 6.07) is 9.11. The molecule has 1 aliphatic heterocycles. The highest BCUT2D eigenvalue weighted by atomic mass is 16.5. The summed E-state index contributed by atoms with van der Waals surface area (Å²) in [6.45, 7) is 5.39. The molecule has 0 amide bonds. The van der Waals surface area contributed by atoms with Crippen molar-refractivity contribution in [1.29, 1.82) is 0 Å². The molecule has 1 aromatic carbocycles. The topological polar surface area (TPSA) is 41.6 Å². The SMILES string of the molecule is O=C(OCCN1CCNCC1)c1ccccc1. The van der Waals surface area contributed by atoms with Crippen LogP contribution in [0.2, 0.25) is 0 Å². The Labute approximate surface area is 102 Å². The third-order valence-corrected chi connectivity index (χ3v) is 2.86.